The minimum absolute atomic E-state index is 0.0761. The first-order chi connectivity index (χ1) is 12.1. The Morgan fingerprint density at radius 2 is 2.04 bits per heavy atom. The van der Waals surface area contributed by atoms with Crippen molar-refractivity contribution >= 4 is 12.0 Å². The van der Waals surface area contributed by atoms with Crippen molar-refractivity contribution in [1.82, 2.24) is 14.7 Å². The highest BCUT2D eigenvalue weighted by Crippen LogP contribution is 2.37. The van der Waals surface area contributed by atoms with Gasteiger partial charge in [-0.25, -0.2) is 0 Å². The van der Waals surface area contributed by atoms with Gasteiger partial charge in [-0.2, -0.15) is 5.10 Å². The molecule has 1 aromatic carbocycles. The minimum Gasteiger partial charge on any atom is -0.482 e. The molecule has 2 aromatic rings. The van der Waals surface area contributed by atoms with Crippen LogP contribution in [0, 0.1) is 6.92 Å². The molecule has 0 bridgehead atoms. The summed E-state index contributed by atoms with van der Waals surface area (Å²) in [5.74, 6) is 1.01. The summed E-state index contributed by atoms with van der Waals surface area (Å²) in [6.07, 6.45) is 7.62. The molecule has 0 aliphatic carbocycles. The standard InChI is InChI=1S/C20H23N3O2/c1-3-23-15(2)17(14-21-23)19(24)22-12-10-20(11-13-22)9-8-16-6-4-5-7-18(16)25-20/h4-9,14H,3,10-13H2,1-2H3. The van der Waals surface area contributed by atoms with Gasteiger partial charge in [0.1, 0.15) is 11.4 Å². The van der Waals surface area contributed by atoms with E-state index in [1.165, 1.54) is 0 Å². The second-order valence-electron chi connectivity index (χ2n) is 6.79. The molecule has 1 spiro atoms. The molecule has 1 amide bonds. The summed E-state index contributed by atoms with van der Waals surface area (Å²) in [4.78, 5) is 14.8. The van der Waals surface area contributed by atoms with Gasteiger partial charge in [-0.05, 0) is 26.0 Å². The minimum atomic E-state index is -0.284. The summed E-state index contributed by atoms with van der Waals surface area (Å²) >= 11 is 0. The molecular weight excluding hydrogens is 314 g/mol. The van der Waals surface area contributed by atoms with Crippen LogP contribution in [-0.2, 0) is 6.54 Å². The Morgan fingerprint density at radius 1 is 1.28 bits per heavy atom. The van der Waals surface area contributed by atoms with E-state index in [0.29, 0.717) is 18.7 Å². The first-order valence-corrected chi connectivity index (χ1v) is 8.91. The lowest BCUT2D eigenvalue weighted by atomic mass is 9.88. The molecule has 1 saturated heterocycles. The summed E-state index contributed by atoms with van der Waals surface area (Å²) in [7, 11) is 0. The molecule has 0 radical (unpaired) electrons. The number of carbonyl (C=O) groups excluding carboxylic acids is 1. The van der Waals surface area contributed by atoms with E-state index in [1.54, 1.807) is 6.20 Å². The SMILES string of the molecule is CCn1ncc(C(=O)N2CCC3(C=Cc4ccccc4O3)CC2)c1C. The van der Waals surface area contributed by atoms with E-state index < -0.39 is 0 Å². The highest BCUT2D eigenvalue weighted by Gasteiger charge is 2.38. The topological polar surface area (TPSA) is 47.4 Å². The molecule has 0 N–H and O–H groups in total. The molecule has 1 aromatic heterocycles. The molecule has 2 aliphatic rings. The zero-order valence-corrected chi connectivity index (χ0v) is 14.7. The number of para-hydroxylation sites is 1. The number of amides is 1. The number of ether oxygens (including phenoxy) is 1. The lowest BCUT2D eigenvalue weighted by Gasteiger charge is -2.41. The molecule has 130 valence electrons. The lowest BCUT2D eigenvalue weighted by Crippen LogP contribution is -2.49. The van der Waals surface area contributed by atoms with Crippen molar-refractivity contribution in [2.24, 2.45) is 0 Å². The van der Waals surface area contributed by atoms with Crippen LogP contribution in [0.2, 0.25) is 0 Å². The van der Waals surface area contributed by atoms with E-state index in [1.807, 2.05) is 41.6 Å². The highest BCUT2D eigenvalue weighted by molar-refractivity contribution is 5.95. The van der Waals surface area contributed by atoms with Gasteiger partial charge in [-0.1, -0.05) is 24.3 Å². The molecule has 5 nitrogen and oxygen atoms in total. The van der Waals surface area contributed by atoms with Crippen LogP contribution in [0.25, 0.3) is 6.08 Å². The van der Waals surface area contributed by atoms with Crippen LogP contribution in [0.4, 0.5) is 0 Å². The number of hydrogen-bond donors (Lipinski definition) is 0. The zero-order chi connectivity index (χ0) is 17.4. The van der Waals surface area contributed by atoms with E-state index in [-0.39, 0.29) is 11.5 Å². The average molecular weight is 337 g/mol. The maximum Gasteiger partial charge on any atom is 0.257 e. The number of hydrogen-bond acceptors (Lipinski definition) is 3. The third-order valence-electron chi connectivity index (χ3n) is 5.33. The van der Waals surface area contributed by atoms with Crippen molar-refractivity contribution in [1.29, 1.82) is 0 Å². The first-order valence-electron chi connectivity index (χ1n) is 8.91. The molecule has 0 atom stereocenters. The van der Waals surface area contributed by atoms with Crippen molar-refractivity contribution in [3.05, 3.63) is 53.4 Å². The molecule has 25 heavy (non-hydrogen) atoms. The smallest absolute Gasteiger partial charge is 0.257 e. The fourth-order valence-electron chi connectivity index (χ4n) is 3.71. The number of aryl methyl sites for hydroxylation is 1. The van der Waals surface area contributed by atoms with Gasteiger partial charge in [0.05, 0.1) is 11.8 Å². The Balaban J connectivity index is 1.47. The van der Waals surface area contributed by atoms with Crippen LogP contribution in [0.3, 0.4) is 0 Å². The van der Waals surface area contributed by atoms with Crippen molar-refractivity contribution < 1.29 is 9.53 Å². The van der Waals surface area contributed by atoms with Crippen LogP contribution < -0.4 is 4.74 Å². The number of aromatic nitrogens is 2. The number of piperidine rings is 1. The van der Waals surface area contributed by atoms with Gasteiger partial charge in [0, 0.05) is 43.7 Å². The number of rotatable bonds is 2. The van der Waals surface area contributed by atoms with Crippen LogP contribution in [0.15, 0.2) is 36.5 Å². The van der Waals surface area contributed by atoms with Crippen LogP contribution in [-0.4, -0.2) is 39.3 Å². The second kappa shape index (κ2) is 6.06. The molecule has 2 aliphatic heterocycles. The van der Waals surface area contributed by atoms with Crippen molar-refractivity contribution in [2.45, 2.75) is 38.8 Å². The van der Waals surface area contributed by atoms with Crippen LogP contribution >= 0.6 is 0 Å². The average Bonchev–Trinajstić information content (AvgIpc) is 3.02. The van der Waals surface area contributed by atoms with E-state index >= 15 is 0 Å². The fraction of sp³-hybridized carbons (Fsp3) is 0.400. The van der Waals surface area contributed by atoms with Crippen molar-refractivity contribution in [2.75, 3.05) is 13.1 Å². The normalized spacial score (nSPS) is 18.1. The van der Waals surface area contributed by atoms with Crippen LogP contribution in [0.5, 0.6) is 5.75 Å². The van der Waals surface area contributed by atoms with E-state index in [0.717, 1.165) is 36.4 Å². The monoisotopic (exact) mass is 337 g/mol. The maximum atomic E-state index is 12.8. The predicted octanol–water partition coefficient (Wildman–Crippen LogP) is 3.29. The number of likely N-dealkylation sites (tertiary alicyclic amines) is 1. The Morgan fingerprint density at radius 3 is 2.76 bits per heavy atom. The molecule has 0 unspecified atom stereocenters. The summed E-state index contributed by atoms with van der Waals surface area (Å²) < 4.78 is 8.16. The number of benzene rings is 1. The molecule has 3 heterocycles. The third-order valence-corrected chi connectivity index (χ3v) is 5.33. The molecule has 5 heteroatoms. The van der Waals surface area contributed by atoms with Crippen molar-refractivity contribution in [3.63, 3.8) is 0 Å². The molecular formula is C20H23N3O2. The van der Waals surface area contributed by atoms with Crippen LogP contribution in [0.1, 0.15) is 41.4 Å². The Bertz CT molecular complexity index is 829. The fourth-order valence-corrected chi connectivity index (χ4v) is 3.71. The van der Waals surface area contributed by atoms with E-state index in [4.69, 9.17) is 4.74 Å². The van der Waals surface area contributed by atoms with Gasteiger partial charge in [-0.3, -0.25) is 9.48 Å². The van der Waals surface area contributed by atoms with Gasteiger partial charge in [0.15, 0.2) is 0 Å². The summed E-state index contributed by atoms with van der Waals surface area (Å²) in [6, 6.07) is 8.09. The highest BCUT2D eigenvalue weighted by atomic mass is 16.5. The summed E-state index contributed by atoms with van der Waals surface area (Å²) in [5, 5.41) is 4.29. The van der Waals surface area contributed by atoms with Crippen molar-refractivity contribution in [3.8, 4) is 5.75 Å². The van der Waals surface area contributed by atoms with E-state index in [2.05, 4.69) is 23.3 Å². The molecule has 0 saturated carbocycles. The third kappa shape index (κ3) is 2.73. The predicted molar refractivity (Wildman–Crippen MR) is 96.6 cm³/mol. The molecule has 4 rings (SSSR count). The number of fused-ring (bicyclic) bond motifs is 1. The van der Waals surface area contributed by atoms with Gasteiger partial charge in [-0.15, -0.1) is 0 Å². The number of carbonyl (C=O) groups is 1. The van der Waals surface area contributed by atoms with Gasteiger partial charge in [0.25, 0.3) is 5.91 Å². The summed E-state index contributed by atoms with van der Waals surface area (Å²) in [5.41, 5.74) is 2.49. The quantitative estimate of drug-likeness (QED) is 0.845. The van der Waals surface area contributed by atoms with Gasteiger partial charge < -0.3 is 9.64 Å². The lowest BCUT2D eigenvalue weighted by molar-refractivity contribution is 0.0329. The Kier molecular flexibility index (Phi) is 3.86. The zero-order valence-electron chi connectivity index (χ0n) is 14.7. The first kappa shape index (κ1) is 15.9. The maximum absolute atomic E-state index is 12.8. The van der Waals surface area contributed by atoms with Gasteiger partial charge >= 0.3 is 0 Å². The van der Waals surface area contributed by atoms with Gasteiger partial charge in [0.2, 0.25) is 0 Å². The summed E-state index contributed by atoms with van der Waals surface area (Å²) in [6.45, 7) is 6.16. The second-order valence-corrected chi connectivity index (χ2v) is 6.79. The Labute approximate surface area is 147 Å². The number of nitrogens with zero attached hydrogens (tertiary/aromatic N) is 3. The van der Waals surface area contributed by atoms with E-state index in [9.17, 15) is 4.79 Å². The molecule has 1 fully saturated rings. The Hall–Kier alpha value is -2.56. The largest absolute Gasteiger partial charge is 0.482 e.